The van der Waals surface area contributed by atoms with E-state index in [0.29, 0.717) is 23.0 Å². The zero-order valence-corrected chi connectivity index (χ0v) is 21.0. The maximum Gasteiger partial charge on any atom is 0.320 e. The summed E-state index contributed by atoms with van der Waals surface area (Å²) >= 11 is 0. The molecule has 0 bridgehead atoms. The van der Waals surface area contributed by atoms with E-state index in [1.54, 1.807) is 25.0 Å². The van der Waals surface area contributed by atoms with Gasteiger partial charge >= 0.3 is 6.03 Å². The van der Waals surface area contributed by atoms with E-state index < -0.39 is 12.3 Å². The molecule has 10 heteroatoms. The zero-order valence-electron chi connectivity index (χ0n) is 21.0. The van der Waals surface area contributed by atoms with Gasteiger partial charge in [0.15, 0.2) is 17.8 Å². The van der Waals surface area contributed by atoms with E-state index in [0.717, 1.165) is 36.8 Å². The third kappa shape index (κ3) is 5.39. The second-order valence-corrected chi connectivity index (χ2v) is 9.30. The summed E-state index contributed by atoms with van der Waals surface area (Å²) in [5, 5.41) is 17.1. The van der Waals surface area contributed by atoms with E-state index in [2.05, 4.69) is 21.3 Å². The molecule has 2 fully saturated rings. The van der Waals surface area contributed by atoms with E-state index in [1.165, 1.54) is 0 Å². The van der Waals surface area contributed by atoms with E-state index in [1.807, 2.05) is 48.5 Å². The van der Waals surface area contributed by atoms with E-state index in [9.17, 15) is 9.59 Å². The Labute approximate surface area is 215 Å². The molecule has 37 heavy (non-hydrogen) atoms. The minimum atomic E-state index is -0.564. The topological polar surface area (TPSA) is 119 Å². The first-order valence-electron chi connectivity index (χ1n) is 12.5. The number of ether oxygens (including phenoxy) is 2. The number of nitrogens with zero attached hydrogens (tertiary/aromatic N) is 2. The molecular weight excluding hydrogens is 472 g/mol. The van der Waals surface area contributed by atoms with E-state index >= 15 is 0 Å². The number of fused-ring (bicyclic) bond motifs is 1. The number of urea groups is 1. The van der Waals surface area contributed by atoms with Gasteiger partial charge in [-0.2, -0.15) is 5.10 Å². The predicted octanol–water partition coefficient (Wildman–Crippen LogP) is 3.62. The summed E-state index contributed by atoms with van der Waals surface area (Å²) in [6, 6.07) is 16.7. The highest BCUT2D eigenvalue weighted by Gasteiger charge is 2.38. The number of hydrogen-bond acceptors (Lipinski definition) is 6. The van der Waals surface area contributed by atoms with Crippen molar-refractivity contribution in [2.24, 2.45) is 5.92 Å². The summed E-state index contributed by atoms with van der Waals surface area (Å²) in [7, 11) is 3.15. The number of nitrogens with one attached hydrogen (secondary N) is 4. The molecule has 10 nitrogen and oxygen atoms in total. The van der Waals surface area contributed by atoms with Crippen LogP contribution < -0.4 is 30.7 Å². The summed E-state index contributed by atoms with van der Waals surface area (Å²) in [6.45, 7) is 0.286. The van der Waals surface area contributed by atoms with Gasteiger partial charge in [0.1, 0.15) is 5.82 Å². The van der Waals surface area contributed by atoms with Crippen LogP contribution in [0, 0.1) is 5.92 Å². The number of anilines is 1. The van der Waals surface area contributed by atoms with Crippen LogP contribution in [0.25, 0.3) is 11.3 Å². The molecule has 1 aromatic heterocycles. The third-order valence-electron chi connectivity index (χ3n) is 6.95. The van der Waals surface area contributed by atoms with Crippen molar-refractivity contribution in [1.29, 1.82) is 0 Å². The average molecular weight is 505 g/mol. The molecule has 4 N–H and O–H groups in total. The molecule has 2 heterocycles. The largest absolute Gasteiger partial charge is 0.493 e. The van der Waals surface area contributed by atoms with Crippen molar-refractivity contribution < 1.29 is 19.1 Å². The SMILES string of the molecule is COc1ccc(CNC(=O)Nc2cc(-c3ccccc3)nn2C2NC(=O)C3CCCCC3N2)cc1OC. The summed E-state index contributed by atoms with van der Waals surface area (Å²) in [5.74, 6) is 1.67. The average Bonchev–Trinajstić information content (AvgIpc) is 3.36. The number of amides is 3. The molecule has 3 aromatic rings. The lowest BCUT2D eigenvalue weighted by Gasteiger charge is -2.40. The molecule has 0 radical (unpaired) electrons. The summed E-state index contributed by atoms with van der Waals surface area (Å²) in [6.07, 6.45) is 3.41. The molecule has 2 aromatic carbocycles. The van der Waals surface area contributed by atoms with Crippen molar-refractivity contribution >= 4 is 17.8 Å². The normalized spacial score (nSPS) is 20.9. The second kappa shape index (κ2) is 10.9. The van der Waals surface area contributed by atoms with Gasteiger partial charge in [0.2, 0.25) is 5.91 Å². The van der Waals surface area contributed by atoms with Crippen LogP contribution in [0.4, 0.5) is 10.6 Å². The minimum Gasteiger partial charge on any atom is -0.493 e. The van der Waals surface area contributed by atoms with Crippen LogP contribution in [-0.2, 0) is 11.3 Å². The zero-order chi connectivity index (χ0) is 25.8. The smallest absolute Gasteiger partial charge is 0.320 e. The fourth-order valence-corrected chi connectivity index (χ4v) is 5.03. The number of benzene rings is 2. The van der Waals surface area contributed by atoms with Crippen LogP contribution in [0.1, 0.15) is 37.5 Å². The van der Waals surface area contributed by atoms with Gasteiger partial charge in [-0.25, -0.2) is 9.48 Å². The molecule has 5 rings (SSSR count). The van der Waals surface area contributed by atoms with Crippen LogP contribution in [0.5, 0.6) is 11.5 Å². The van der Waals surface area contributed by atoms with Gasteiger partial charge in [-0.15, -0.1) is 0 Å². The maximum absolute atomic E-state index is 12.9. The first-order chi connectivity index (χ1) is 18.1. The van der Waals surface area contributed by atoms with Crippen molar-refractivity contribution in [2.45, 2.75) is 44.6 Å². The third-order valence-corrected chi connectivity index (χ3v) is 6.95. The van der Waals surface area contributed by atoms with Gasteiger partial charge in [0.05, 0.1) is 25.8 Å². The quantitative estimate of drug-likeness (QED) is 0.390. The summed E-state index contributed by atoms with van der Waals surface area (Å²) in [4.78, 5) is 25.8. The fraction of sp³-hybridized carbons (Fsp3) is 0.370. The van der Waals surface area contributed by atoms with Crippen LogP contribution in [-0.4, -0.2) is 42.0 Å². The molecule has 1 saturated heterocycles. The molecule has 2 aliphatic rings. The Morgan fingerprint density at radius 3 is 2.62 bits per heavy atom. The van der Waals surface area contributed by atoms with Crippen molar-refractivity contribution in [3.05, 3.63) is 60.2 Å². The Morgan fingerprint density at radius 1 is 1.05 bits per heavy atom. The van der Waals surface area contributed by atoms with Gasteiger partial charge in [-0.1, -0.05) is 49.2 Å². The monoisotopic (exact) mass is 504 g/mol. The lowest BCUT2D eigenvalue weighted by Crippen LogP contribution is -2.59. The lowest BCUT2D eigenvalue weighted by molar-refractivity contribution is -0.132. The van der Waals surface area contributed by atoms with Gasteiger partial charge < -0.3 is 20.1 Å². The number of rotatable bonds is 7. The van der Waals surface area contributed by atoms with E-state index in [4.69, 9.17) is 14.6 Å². The Bertz CT molecular complexity index is 1260. The van der Waals surface area contributed by atoms with Gasteiger partial charge in [-0.05, 0) is 30.5 Å². The number of carbonyl (C=O) groups excluding carboxylic acids is 2. The molecule has 3 amide bonds. The molecule has 1 aliphatic carbocycles. The van der Waals surface area contributed by atoms with Crippen LogP contribution in [0.15, 0.2) is 54.6 Å². The van der Waals surface area contributed by atoms with Crippen molar-refractivity contribution in [3.8, 4) is 22.8 Å². The molecule has 3 unspecified atom stereocenters. The van der Waals surface area contributed by atoms with Crippen LogP contribution in [0.3, 0.4) is 0 Å². The van der Waals surface area contributed by atoms with Crippen LogP contribution in [0.2, 0.25) is 0 Å². The molecule has 194 valence electrons. The summed E-state index contributed by atoms with van der Waals surface area (Å²) in [5.41, 5.74) is 2.46. The molecule has 1 saturated carbocycles. The van der Waals surface area contributed by atoms with Gasteiger partial charge in [-0.3, -0.25) is 15.4 Å². The highest BCUT2D eigenvalue weighted by molar-refractivity contribution is 5.89. The fourth-order valence-electron chi connectivity index (χ4n) is 5.03. The lowest BCUT2D eigenvalue weighted by atomic mass is 9.83. The van der Waals surface area contributed by atoms with Gasteiger partial charge in [0, 0.05) is 24.2 Å². The first-order valence-corrected chi connectivity index (χ1v) is 12.5. The van der Waals surface area contributed by atoms with Crippen LogP contribution >= 0.6 is 0 Å². The molecule has 0 spiro atoms. The highest BCUT2D eigenvalue weighted by atomic mass is 16.5. The van der Waals surface area contributed by atoms with Crippen molar-refractivity contribution in [1.82, 2.24) is 25.7 Å². The number of methoxy groups -OCH3 is 2. The Hall–Kier alpha value is -4.05. The number of hydrogen-bond donors (Lipinski definition) is 4. The molecule has 3 atom stereocenters. The standard InChI is InChI=1S/C27H32N6O4/c1-36-22-13-12-17(14-23(22)37-2)16-28-27(35)30-24-15-21(18-8-4-3-5-9-18)32-33(24)26-29-20-11-7-6-10-19(20)25(34)31-26/h3-5,8-9,12-15,19-20,26,29H,6-7,10-11,16H2,1-2H3,(H,31,34)(H2,28,30,35). The number of carbonyl (C=O) groups is 2. The van der Waals surface area contributed by atoms with Crippen molar-refractivity contribution in [2.75, 3.05) is 19.5 Å². The maximum atomic E-state index is 12.9. The molecule has 1 aliphatic heterocycles. The Kier molecular flexibility index (Phi) is 7.27. The highest BCUT2D eigenvalue weighted by Crippen LogP contribution is 2.31. The van der Waals surface area contributed by atoms with Crippen molar-refractivity contribution in [3.63, 3.8) is 0 Å². The van der Waals surface area contributed by atoms with Gasteiger partial charge in [0.25, 0.3) is 0 Å². The molecular formula is C27H32N6O4. The summed E-state index contributed by atoms with van der Waals surface area (Å²) < 4.78 is 12.3. The predicted molar refractivity (Wildman–Crippen MR) is 139 cm³/mol. The minimum absolute atomic E-state index is 0.0223. The Morgan fingerprint density at radius 2 is 1.84 bits per heavy atom. The number of aromatic nitrogens is 2. The van der Waals surface area contributed by atoms with E-state index in [-0.39, 0.29) is 24.4 Å². The second-order valence-electron chi connectivity index (χ2n) is 9.30. The Balaban J connectivity index is 1.35. The first kappa shape index (κ1) is 24.6.